The number of likely N-dealkylation sites (tertiary alicyclic amines) is 2. The number of rotatable bonds is 9. The summed E-state index contributed by atoms with van der Waals surface area (Å²) in [6, 6.07) is 7.50. The van der Waals surface area contributed by atoms with Gasteiger partial charge in [-0.3, -0.25) is 29.3 Å². The van der Waals surface area contributed by atoms with E-state index in [-0.39, 0.29) is 54.0 Å². The first-order valence-electron chi connectivity index (χ1n) is 26.7. The minimum absolute atomic E-state index is 0.0129. The Morgan fingerprint density at radius 1 is 1.01 bits per heavy atom. The molecule has 71 heavy (non-hydrogen) atoms. The van der Waals surface area contributed by atoms with E-state index in [2.05, 4.69) is 88.6 Å². The number of nitrogens with one attached hydrogen (secondary N) is 2. The number of cyclic esters (lactones) is 1. The van der Waals surface area contributed by atoms with Gasteiger partial charge in [-0.2, -0.15) is 0 Å². The number of benzene rings is 1. The monoisotopic (exact) mass is 987 g/mol. The van der Waals surface area contributed by atoms with Crippen molar-refractivity contribution in [3.8, 4) is 22.5 Å². The molecular weight excluding hydrogens is 917 g/mol. The van der Waals surface area contributed by atoms with Crippen LogP contribution < -0.4 is 10.7 Å². The van der Waals surface area contributed by atoms with Gasteiger partial charge in [-0.25, -0.2) is 10.4 Å². The number of methoxy groups -OCH3 is 1. The fraction of sp³-hybridized carbons (Fsp3) is 0.655. The average molecular weight is 987 g/mol. The van der Waals surface area contributed by atoms with Gasteiger partial charge in [0.1, 0.15) is 22.7 Å². The minimum Gasteiger partial charge on any atom is -0.464 e. The van der Waals surface area contributed by atoms with Crippen LogP contribution in [-0.4, -0.2) is 136 Å². The van der Waals surface area contributed by atoms with Gasteiger partial charge in [0.15, 0.2) is 0 Å². The van der Waals surface area contributed by atoms with E-state index in [0.29, 0.717) is 57.2 Å². The van der Waals surface area contributed by atoms with E-state index >= 15 is 4.79 Å². The lowest BCUT2D eigenvalue weighted by Gasteiger charge is -2.58. The molecule has 5 atom stereocenters. The fourth-order valence-electron chi connectivity index (χ4n) is 13.9. The van der Waals surface area contributed by atoms with Crippen molar-refractivity contribution >= 4 is 40.0 Å². The van der Waals surface area contributed by atoms with Crippen molar-refractivity contribution in [2.75, 3.05) is 53.1 Å². The highest BCUT2D eigenvalue weighted by atomic mass is 32.1. The standard InChI is InChI=1S/C55H70N8O7S/c1-7-62-43-11-8-33-18-39(43)41(47(62)40-19-35(23-56-44(40)31(3)67-6)32-12-14-60(15-13-32)37-9-10-37)22-53(4,5)27-69-51(65)45-34-16-38(17-34)63(59-45)50(64)46(58-52(66)55-20-36(21-55)30(2)70-55)48(49-57-42(33)24-71-49)61-25-54(26-61)28-68-29-54/h8,11,18-19,23-24,30-32,34,36-38,45-46,48,59H,7,9-10,12-17,20-22,25-29H2,1-6H3,(H,58,66)/t30-,31+,34?,36?,38?,45+,46+,48+,55?/m1/s1. The van der Waals surface area contributed by atoms with Gasteiger partial charge in [-0.1, -0.05) is 19.9 Å². The molecule has 378 valence electrons. The van der Waals surface area contributed by atoms with Crippen molar-refractivity contribution < 1.29 is 33.3 Å². The highest BCUT2D eigenvalue weighted by Crippen LogP contribution is 2.53. The smallest absolute Gasteiger partial charge is 0.325 e. The minimum atomic E-state index is -0.999. The fourth-order valence-corrected chi connectivity index (χ4v) is 14.9. The summed E-state index contributed by atoms with van der Waals surface area (Å²) >= 11 is 1.54. The number of pyridine rings is 1. The number of aryl methyl sites for hydroxylation is 1. The lowest BCUT2D eigenvalue weighted by Crippen LogP contribution is -2.74. The molecule has 7 saturated heterocycles. The highest BCUT2D eigenvalue weighted by Gasteiger charge is 2.63. The van der Waals surface area contributed by atoms with Gasteiger partial charge in [0.05, 0.1) is 55.2 Å². The van der Waals surface area contributed by atoms with Gasteiger partial charge in [0.25, 0.3) is 11.8 Å². The Hall–Kier alpha value is -4.29. The third kappa shape index (κ3) is 7.73. The van der Waals surface area contributed by atoms with Crippen LogP contribution in [0.5, 0.6) is 0 Å². The zero-order valence-corrected chi connectivity index (χ0v) is 43.0. The molecular formula is C55H70N8O7S. The summed E-state index contributed by atoms with van der Waals surface area (Å²) in [6.07, 6.45) is 10.0. The van der Waals surface area contributed by atoms with Crippen LogP contribution in [0.2, 0.25) is 0 Å². The molecule has 3 saturated carbocycles. The first-order chi connectivity index (χ1) is 34.2. The number of hydrogen-bond donors (Lipinski definition) is 2. The summed E-state index contributed by atoms with van der Waals surface area (Å²) in [5.41, 5.74) is 10.5. The normalized spacial score (nSPS) is 32.9. The van der Waals surface area contributed by atoms with Crippen LogP contribution in [0.4, 0.5) is 0 Å². The van der Waals surface area contributed by atoms with Crippen LogP contribution in [0, 0.1) is 22.7 Å². The molecule has 4 aromatic rings. The second kappa shape index (κ2) is 17.1. The van der Waals surface area contributed by atoms with E-state index in [0.717, 1.165) is 95.7 Å². The van der Waals surface area contributed by atoms with Crippen LogP contribution in [-0.2, 0) is 46.3 Å². The number of aromatic nitrogens is 3. The van der Waals surface area contributed by atoms with Crippen molar-refractivity contribution in [1.29, 1.82) is 0 Å². The summed E-state index contributed by atoms with van der Waals surface area (Å²) < 4.78 is 27.0. The van der Waals surface area contributed by atoms with Gasteiger partial charge >= 0.3 is 5.97 Å². The van der Waals surface area contributed by atoms with Gasteiger partial charge in [-0.15, -0.1) is 11.3 Å². The summed E-state index contributed by atoms with van der Waals surface area (Å²) in [5, 5.41) is 8.97. The third-order valence-corrected chi connectivity index (χ3v) is 19.3. The Bertz CT molecular complexity index is 2770. The number of carbonyl (C=O) groups excluding carboxylic acids is 3. The van der Waals surface area contributed by atoms with E-state index in [9.17, 15) is 9.59 Å². The van der Waals surface area contributed by atoms with Crippen molar-refractivity contribution in [3.05, 3.63) is 57.7 Å². The Kier molecular flexibility index (Phi) is 11.2. The zero-order chi connectivity index (χ0) is 48.7. The molecule has 15 rings (SSSR count). The van der Waals surface area contributed by atoms with Crippen molar-refractivity contribution in [1.82, 2.24) is 40.1 Å². The second-order valence-electron chi connectivity index (χ2n) is 23.9. The molecule has 1 spiro atoms. The molecule has 0 radical (unpaired) electrons. The Balaban J connectivity index is 0.944. The summed E-state index contributed by atoms with van der Waals surface area (Å²) in [7, 11) is 1.76. The maximum absolute atomic E-state index is 15.5. The van der Waals surface area contributed by atoms with Crippen LogP contribution in [0.15, 0.2) is 35.8 Å². The number of fused-ring (bicyclic) bond motifs is 5. The number of hydrazine groups is 1. The van der Waals surface area contributed by atoms with E-state index in [1.807, 2.05) is 6.92 Å². The predicted molar refractivity (Wildman–Crippen MR) is 268 cm³/mol. The van der Waals surface area contributed by atoms with Crippen molar-refractivity contribution in [2.24, 2.45) is 22.7 Å². The summed E-state index contributed by atoms with van der Waals surface area (Å²) in [6.45, 7) is 16.6. The lowest BCUT2D eigenvalue weighted by molar-refractivity contribution is -0.204. The molecule has 3 aromatic heterocycles. The topological polar surface area (TPSA) is 153 Å². The molecule has 2 amide bonds. The predicted octanol–water partition coefficient (Wildman–Crippen LogP) is 6.94. The second-order valence-corrected chi connectivity index (χ2v) is 24.8. The quantitative estimate of drug-likeness (QED) is 0.167. The SMILES string of the molecule is CCn1c(-c2cc(C3CCN(C4CC4)CC3)cnc2[C@H](C)OC)c2c3cc(ccc31)-c1csc(n1)[C@@H](N1CC3(COC3)C1)[C@H](NC(=O)C13CC(C1)[C@@H](C)O3)C(=O)N1N[C@H](C(=O)OCC(C)(C)C2)C2CC1C2. The Morgan fingerprint density at radius 2 is 1.79 bits per heavy atom. The van der Waals surface area contributed by atoms with Crippen LogP contribution in [0.1, 0.15) is 126 Å². The maximum Gasteiger partial charge on any atom is 0.325 e. The number of ether oxygens (including phenoxy) is 4. The third-order valence-electron chi connectivity index (χ3n) is 18.4. The molecule has 11 aliphatic rings. The van der Waals surface area contributed by atoms with E-state index in [1.165, 1.54) is 35.3 Å². The van der Waals surface area contributed by atoms with Crippen LogP contribution in [0.3, 0.4) is 0 Å². The van der Waals surface area contributed by atoms with Gasteiger partial charge < -0.3 is 33.7 Å². The van der Waals surface area contributed by atoms with Crippen LogP contribution in [0.25, 0.3) is 33.4 Å². The first kappa shape index (κ1) is 46.5. The number of esters is 1. The number of hydrogen-bond acceptors (Lipinski definition) is 13. The number of carbonyl (C=O) groups is 3. The van der Waals surface area contributed by atoms with Crippen molar-refractivity contribution in [3.63, 3.8) is 0 Å². The highest BCUT2D eigenvalue weighted by molar-refractivity contribution is 7.10. The van der Waals surface area contributed by atoms with Crippen molar-refractivity contribution in [2.45, 2.75) is 153 Å². The maximum atomic E-state index is 15.5. The first-order valence-corrected chi connectivity index (χ1v) is 27.6. The number of thiazole rings is 1. The van der Waals surface area contributed by atoms with E-state index in [1.54, 1.807) is 12.1 Å². The molecule has 10 fully saturated rings. The average Bonchev–Trinajstić information content (AvgIpc) is 3.67. The number of amides is 2. The molecule has 3 aliphatic carbocycles. The molecule has 11 heterocycles. The zero-order valence-electron chi connectivity index (χ0n) is 42.2. The number of nitrogens with zero attached hydrogens (tertiary/aromatic N) is 6. The largest absolute Gasteiger partial charge is 0.464 e. The molecule has 15 nitrogen and oxygen atoms in total. The molecule has 16 heteroatoms. The molecule has 1 aromatic carbocycles. The summed E-state index contributed by atoms with van der Waals surface area (Å²) in [5.74, 6) is -0.0741. The van der Waals surface area contributed by atoms with Crippen LogP contribution >= 0.6 is 11.3 Å². The van der Waals surface area contributed by atoms with Gasteiger partial charge in [-0.05, 0) is 139 Å². The molecule has 0 unspecified atom stereocenters. The van der Waals surface area contributed by atoms with Gasteiger partial charge in [0, 0.05) is 83.3 Å². The Morgan fingerprint density at radius 3 is 2.46 bits per heavy atom. The molecule has 2 N–H and O–H groups in total. The van der Waals surface area contributed by atoms with E-state index < -0.39 is 29.1 Å². The molecule has 8 aliphatic heterocycles. The number of piperidine rings is 1. The van der Waals surface area contributed by atoms with E-state index in [4.69, 9.17) is 28.9 Å². The Labute approximate surface area is 420 Å². The summed E-state index contributed by atoms with van der Waals surface area (Å²) in [4.78, 5) is 60.3. The molecule has 10 bridgehead atoms. The van der Waals surface area contributed by atoms with Gasteiger partial charge in [0.2, 0.25) is 0 Å². The lowest BCUT2D eigenvalue weighted by atomic mass is 9.71.